The van der Waals surface area contributed by atoms with Gasteiger partial charge in [-0.25, -0.2) is 9.97 Å². The van der Waals surface area contributed by atoms with Crippen molar-refractivity contribution in [3.63, 3.8) is 0 Å². The molecule has 29 heavy (non-hydrogen) atoms. The van der Waals surface area contributed by atoms with Crippen LogP contribution in [0.25, 0.3) is 32.2 Å². The number of benzene rings is 2. The highest BCUT2D eigenvalue weighted by Crippen LogP contribution is 2.31. The van der Waals surface area contributed by atoms with Crippen molar-refractivity contribution in [3.8, 4) is 11.1 Å². The maximum Gasteiger partial charge on any atom is 0.260 e. The molecule has 5 rings (SSSR count). The van der Waals surface area contributed by atoms with Crippen molar-refractivity contribution in [3.05, 3.63) is 87.8 Å². The Labute approximate surface area is 175 Å². The molecule has 0 spiro atoms. The first-order chi connectivity index (χ1) is 14.2. The van der Waals surface area contributed by atoms with Crippen LogP contribution in [0.15, 0.2) is 75.9 Å². The largest absolute Gasteiger partial charge is 0.309 e. The average Bonchev–Trinajstić information content (AvgIpc) is 3.18. The summed E-state index contributed by atoms with van der Waals surface area (Å²) in [6, 6.07) is 20.2. The number of nitrogens with one attached hydrogen (secondary N) is 1. The zero-order chi connectivity index (χ0) is 19.8. The van der Waals surface area contributed by atoms with E-state index < -0.39 is 0 Å². The number of hydrogen-bond acceptors (Lipinski definition) is 5. The second-order valence-electron chi connectivity index (χ2n) is 6.79. The average molecular weight is 416 g/mol. The van der Waals surface area contributed by atoms with E-state index >= 15 is 0 Å². The van der Waals surface area contributed by atoms with Crippen molar-refractivity contribution < 1.29 is 0 Å². The van der Waals surface area contributed by atoms with Gasteiger partial charge in [0.2, 0.25) is 0 Å². The van der Waals surface area contributed by atoms with Crippen LogP contribution in [-0.2, 0) is 5.75 Å². The van der Waals surface area contributed by atoms with Crippen molar-refractivity contribution in [2.24, 2.45) is 0 Å². The fraction of sp³-hybridized carbons (Fsp3) is 0.0870. The van der Waals surface area contributed by atoms with Gasteiger partial charge >= 0.3 is 0 Å². The molecule has 0 fully saturated rings. The van der Waals surface area contributed by atoms with E-state index in [0.29, 0.717) is 17.0 Å². The Morgan fingerprint density at radius 3 is 2.69 bits per heavy atom. The van der Waals surface area contributed by atoms with E-state index in [4.69, 9.17) is 9.97 Å². The Morgan fingerprint density at radius 1 is 1.03 bits per heavy atom. The van der Waals surface area contributed by atoms with Gasteiger partial charge in [0.15, 0.2) is 0 Å². The van der Waals surface area contributed by atoms with Crippen LogP contribution >= 0.6 is 23.1 Å². The number of aromatic amines is 1. The maximum atomic E-state index is 12.8. The van der Waals surface area contributed by atoms with E-state index in [-0.39, 0.29) is 5.56 Å². The lowest BCUT2D eigenvalue weighted by Gasteiger charge is -2.06. The van der Waals surface area contributed by atoms with Gasteiger partial charge in [0.05, 0.1) is 21.7 Å². The van der Waals surface area contributed by atoms with Gasteiger partial charge in [0, 0.05) is 16.3 Å². The summed E-state index contributed by atoms with van der Waals surface area (Å²) in [4.78, 5) is 25.9. The van der Waals surface area contributed by atoms with Crippen LogP contribution in [0.5, 0.6) is 0 Å². The monoisotopic (exact) mass is 415 g/mol. The third-order valence-electron chi connectivity index (χ3n) is 4.83. The van der Waals surface area contributed by atoms with Crippen LogP contribution < -0.4 is 5.56 Å². The first-order valence-corrected chi connectivity index (χ1v) is 11.1. The Bertz CT molecular complexity index is 1390. The van der Waals surface area contributed by atoms with Gasteiger partial charge in [0.1, 0.15) is 10.7 Å². The van der Waals surface area contributed by atoms with Crippen LogP contribution in [0.4, 0.5) is 0 Å². The van der Waals surface area contributed by atoms with Crippen LogP contribution in [-0.4, -0.2) is 15.0 Å². The minimum Gasteiger partial charge on any atom is -0.309 e. The zero-order valence-corrected chi connectivity index (χ0v) is 17.3. The standard InChI is InChI=1S/C23H17N3OS2/c1-14-11-20(24-18-10-6-5-9-16(14)18)28-13-19-25-22(27)21-17(12-29-23(21)26-19)15-7-3-2-4-8-15/h2-12H,13H2,1H3,(H,25,26,27). The van der Waals surface area contributed by atoms with Gasteiger partial charge in [-0.05, 0) is 30.2 Å². The normalized spacial score (nSPS) is 11.3. The number of aryl methyl sites for hydroxylation is 1. The van der Waals surface area contributed by atoms with Gasteiger partial charge in [-0.2, -0.15) is 0 Å². The number of thiophene rings is 1. The molecule has 0 saturated heterocycles. The summed E-state index contributed by atoms with van der Waals surface area (Å²) >= 11 is 3.09. The van der Waals surface area contributed by atoms with E-state index in [9.17, 15) is 4.79 Å². The first-order valence-electron chi connectivity index (χ1n) is 9.24. The Hall–Kier alpha value is -2.96. The Kier molecular flexibility index (Phi) is 4.66. The fourth-order valence-electron chi connectivity index (χ4n) is 3.43. The highest BCUT2D eigenvalue weighted by molar-refractivity contribution is 7.98. The number of pyridine rings is 1. The van der Waals surface area contributed by atoms with E-state index in [2.05, 4.69) is 24.0 Å². The zero-order valence-electron chi connectivity index (χ0n) is 15.7. The smallest absolute Gasteiger partial charge is 0.260 e. The molecule has 0 aliphatic rings. The molecule has 0 unspecified atom stereocenters. The maximum absolute atomic E-state index is 12.8. The summed E-state index contributed by atoms with van der Waals surface area (Å²) in [7, 11) is 0. The quantitative estimate of drug-likeness (QED) is 0.377. The minimum absolute atomic E-state index is 0.0895. The van der Waals surface area contributed by atoms with Crippen molar-refractivity contribution >= 4 is 44.2 Å². The number of nitrogens with zero attached hydrogens (tertiary/aromatic N) is 2. The number of rotatable bonds is 4. The topological polar surface area (TPSA) is 58.6 Å². The van der Waals surface area contributed by atoms with E-state index in [1.54, 1.807) is 11.8 Å². The second kappa shape index (κ2) is 7.46. The van der Waals surface area contributed by atoms with Crippen molar-refractivity contribution in [1.29, 1.82) is 0 Å². The molecule has 0 amide bonds. The highest BCUT2D eigenvalue weighted by Gasteiger charge is 2.13. The molecule has 0 saturated carbocycles. The highest BCUT2D eigenvalue weighted by atomic mass is 32.2. The summed E-state index contributed by atoms with van der Waals surface area (Å²) in [6.07, 6.45) is 0. The molecule has 4 nitrogen and oxygen atoms in total. The lowest BCUT2D eigenvalue weighted by Crippen LogP contribution is -2.10. The number of H-pyrrole nitrogens is 1. The van der Waals surface area contributed by atoms with Crippen molar-refractivity contribution in [2.75, 3.05) is 0 Å². The fourth-order valence-corrected chi connectivity index (χ4v) is 5.24. The van der Waals surface area contributed by atoms with Gasteiger partial charge in [0.25, 0.3) is 5.56 Å². The Balaban J connectivity index is 1.45. The van der Waals surface area contributed by atoms with Crippen molar-refractivity contribution in [2.45, 2.75) is 17.7 Å². The summed E-state index contributed by atoms with van der Waals surface area (Å²) in [5.41, 5.74) is 4.06. The molecule has 0 radical (unpaired) electrons. The second-order valence-corrected chi connectivity index (χ2v) is 8.65. The molecule has 0 aliphatic carbocycles. The molecule has 6 heteroatoms. The third-order valence-corrected chi connectivity index (χ3v) is 6.63. The number of para-hydroxylation sites is 1. The van der Waals surface area contributed by atoms with Gasteiger partial charge in [-0.3, -0.25) is 4.79 Å². The molecule has 0 bridgehead atoms. The van der Waals surface area contributed by atoms with Gasteiger partial charge < -0.3 is 4.98 Å². The van der Waals surface area contributed by atoms with Crippen molar-refractivity contribution in [1.82, 2.24) is 15.0 Å². The van der Waals surface area contributed by atoms with Crippen LogP contribution in [0, 0.1) is 6.92 Å². The van der Waals surface area contributed by atoms with Gasteiger partial charge in [-0.15, -0.1) is 11.3 Å². The summed E-state index contributed by atoms with van der Waals surface area (Å²) in [6.45, 7) is 2.09. The van der Waals surface area contributed by atoms with Crippen LogP contribution in [0.2, 0.25) is 0 Å². The van der Waals surface area contributed by atoms with E-state index in [1.807, 2.05) is 53.9 Å². The number of aromatic nitrogens is 3. The molecule has 1 N–H and O–H groups in total. The predicted molar refractivity (Wildman–Crippen MR) is 122 cm³/mol. The van der Waals surface area contributed by atoms with Crippen LogP contribution in [0.3, 0.4) is 0 Å². The van der Waals surface area contributed by atoms with Crippen LogP contribution in [0.1, 0.15) is 11.4 Å². The SMILES string of the molecule is Cc1cc(SCc2nc3scc(-c4ccccc4)c3c(=O)[nH]2)nc2ccccc12. The number of hydrogen-bond donors (Lipinski definition) is 1. The predicted octanol–water partition coefficient (Wildman–Crippen LogP) is 5.80. The number of fused-ring (bicyclic) bond motifs is 2. The lowest BCUT2D eigenvalue weighted by atomic mass is 10.1. The molecule has 3 aromatic heterocycles. The molecule has 0 atom stereocenters. The van der Waals surface area contributed by atoms with E-state index in [0.717, 1.165) is 31.9 Å². The van der Waals surface area contributed by atoms with Gasteiger partial charge in [-0.1, -0.05) is 60.3 Å². The Morgan fingerprint density at radius 2 is 1.83 bits per heavy atom. The summed E-state index contributed by atoms with van der Waals surface area (Å²) < 4.78 is 0. The van der Waals surface area contributed by atoms with E-state index in [1.165, 1.54) is 16.9 Å². The third kappa shape index (κ3) is 3.45. The summed E-state index contributed by atoms with van der Waals surface area (Å²) in [5.74, 6) is 1.23. The molecule has 3 heterocycles. The number of thioether (sulfide) groups is 1. The molecule has 5 aromatic rings. The minimum atomic E-state index is -0.0895. The molecular weight excluding hydrogens is 398 g/mol. The molecule has 2 aromatic carbocycles. The molecule has 142 valence electrons. The molecule has 0 aliphatic heterocycles. The summed E-state index contributed by atoms with van der Waals surface area (Å²) in [5, 5.41) is 4.76. The molecular formula is C23H17N3OS2. The lowest BCUT2D eigenvalue weighted by molar-refractivity contribution is 1.04. The first kappa shape index (κ1) is 18.1.